The number of hydrogen-bond donors (Lipinski definition) is 0. The molecule has 2 aliphatic heterocycles. The van der Waals surface area contributed by atoms with E-state index in [1.165, 1.54) is 12.1 Å². The van der Waals surface area contributed by atoms with Gasteiger partial charge in [-0.25, -0.2) is 4.39 Å². The Morgan fingerprint density at radius 2 is 1.96 bits per heavy atom. The summed E-state index contributed by atoms with van der Waals surface area (Å²) in [4.78, 5) is 42.2. The van der Waals surface area contributed by atoms with E-state index < -0.39 is 0 Å². The predicted octanol–water partition coefficient (Wildman–Crippen LogP) is 1.01. The predicted molar refractivity (Wildman–Crippen MR) is 91.2 cm³/mol. The van der Waals surface area contributed by atoms with E-state index >= 15 is 0 Å². The minimum atomic E-state index is -0.328. The van der Waals surface area contributed by atoms with Gasteiger partial charge in [-0.3, -0.25) is 14.4 Å². The number of amides is 3. The van der Waals surface area contributed by atoms with Gasteiger partial charge in [-0.1, -0.05) is 12.1 Å². The Kier molecular flexibility index (Phi) is 4.38. The van der Waals surface area contributed by atoms with Gasteiger partial charge in [0.1, 0.15) is 5.82 Å². The summed E-state index contributed by atoms with van der Waals surface area (Å²) in [5.74, 6) is -0.833. The molecule has 0 N–H and O–H groups in total. The number of hydrogen-bond acceptors (Lipinski definition) is 3. The molecule has 1 aromatic rings. The fraction of sp³-hybridized carbons (Fsp3) is 0.526. The van der Waals surface area contributed by atoms with Crippen molar-refractivity contribution in [2.45, 2.75) is 31.8 Å². The quantitative estimate of drug-likeness (QED) is 0.806. The van der Waals surface area contributed by atoms with Gasteiger partial charge < -0.3 is 14.7 Å². The maximum Gasteiger partial charge on any atom is 0.242 e. The fourth-order valence-electron chi connectivity index (χ4n) is 3.81. The lowest BCUT2D eigenvalue weighted by atomic mass is 10.1. The van der Waals surface area contributed by atoms with E-state index in [1.54, 1.807) is 21.9 Å². The van der Waals surface area contributed by atoms with Crippen molar-refractivity contribution < 1.29 is 18.8 Å². The number of carbonyl (C=O) groups is 3. The third kappa shape index (κ3) is 3.43. The van der Waals surface area contributed by atoms with Crippen molar-refractivity contribution in [2.75, 3.05) is 26.2 Å². The molecule has 0 spiro atoms. The smallest absolute Gasteiger partial charge is 0.242 e. The molecule has 2 heterocycles. The van der Waals surface area contributed by atoms with Gasteiger partial charge in [0.15, 0.2) is 0 Å². The molecule has 7 heteroatoms. The molecule has 6 nitrogen and oxygen atoms in total. The number of piperazine rings is 1. The van der Waals surface area contributed by atoms with Crippen LogP contribution in [0, 0.1) is 11.7 Å². The summed E-state index contributed by atoms with van der Waals surface area (Å²) >= 11 is 0. The lowest BCUT2D eigenvalue weighted by molar-refractivity contribution is -0.147. The number of halogens is 1. The van der Waals surface area contributed by atoms with Crippen LogP contribution in [0.3, 0.4) is 0 Å². The van der Waals surface area contributed by atoms with Crippen molar-refractivity contribution >= 4 is 17.7 Å². The summed E-state index contributed by atoms with van der Waals surface area (Å²) in [6.07, 6.45) is 2.32. The minimum Gasteiger partial charge on any atom is -0.339 e. The second kappa shape index (κ2) is 6.70. The lowest BCUT2D eigenvalue weighted by Gasteiger charge is -2.35. The first-order valence-corrected chi connectivity index (χ1v) is 9.12. The van der Waals surface area contributed by atoms with Crippen molar-refractivity contribution in [3.63, 3.8) is 0 Å². The zero-order valence-corrected chi connectivity index (χ0v) is 14.6. The highest BCUT2D eigenvalue weighted by atomic mass is 19.1. The minimum absolute atomic E-state index is 0.0300. The van der Waals surface area contributed by atoms with Gasteiger partial charge in [-0.15, -0.1) is 0 Å². The van der Waals surface area contributed by atoms with Crippen LogP contribution < -0.4 is 0 Å². The molecule has 0 bridgehead atoms. The zero-order chi connectivity index (χ0) is 18.3. The van der Waals surface area contributed by atoms with Crippen LogP contribution in [0.5, 0.6) is 0 Å². The van der Waals surface area contributed by atoms with E-state index in [2.05, 4.69) is 0 Å². The molecule has 3 fully saturated rings. The van der Waals surface area contributed by atoms with Crippen molar-refractivity contribution in [3.8, 4) is 0 Å². The number of likely N-dealkylation sites (tertiary alicyclic amines) is 1. The first-order chi connectivity index (χ1) is 12.5. The SMILES string of the molecule is O=C1CN(C(=O)[C@H]2CC(=O)N(C3CC3)C2)CCN1Cc1cccc(F)c1. The molecule has 1 aromatic carbocycles. The standard InChI is InChI=1S/C19H22FN3O3/c20-15-3-1-2-13(8-15)10-21-6-7-22(12-18(21)25)19(26)14-9-17(24)23(11-14)16-4-5-16/h1-3,8,14,16H,4-7,9-12H2/t14-/m0/s1. The Morgan fingerprint density at radius 3 is 2.65 bits per heavy atom. The highest BCUT2D eigenvalue weighted by Gasteiger charge is 2.43. The molecule has 3 aliphatic rings. The molecule has 1 aliphatic carbocycles. The largest absolute Gasteiger partial charge is 0.339 e. The third-order valence-corrected chi connectivity index (χ3v) is 5.39. The van der Waals surface area contributed by atoms with Crippen molar-refractivity contribution in [1.29, 1.82) is 0 Å². The molecule has 138 valence electrons. The summed E-state index contributed by atoms with van der Waals surface area (Å²) in [5, 5.41) is 0. The second-order valence-corrected chi connectivity index (χ2v) is 7.38. The molecular formula is C19H22FN3O3. The monoisotopic (exact) mass is 359 g/mol. The van der Waals surface area contributed by atoms with Crippen molar-refractivity contribution in [3.05, 3.63) is 35.6 Å². The average molecular weight is 359 g/mol. The van der Waals surface area contributed by atoms with E-state index in [0.717, 1.165) is 18.4 Å². The Labute approximate surface area is 151 Å². The fourth-order valence-corrected chi connectivity index (χ4v) is 3.81. The van der Waals surface area contributed by atoms with Crippen LogP contribution in [-0.4, -0.2) is 64.6 Å². The summed E-state index contributed by atoms with van der Waals surface area (Å²) in [6.45, 7) is 1.74. The maximum atomic E-state index is 13.3. The lowest BCUT2D eigenvalue weighted by Crippen LogP contribution is -2.53. The highest BCUT2D eigenvalue weighted by Crippen LogP contribution is 2.33. The van der Waals surface area contributed by atoms with E-state index in [-0.39, 0.29) is 42.4 Å². The molecule has 0 radical (unpaired) electrons. The van der Waals surface area contributed by atoms with Crippen LogP contribution in [-0.2, 0) is 20.9 Å². The van der Waals surface area contributed by atoms with Crippen molar-refractivity contribution in [2.24, 2.45) is 5.92 Å². The molecule has 3 amide bonds. The molecule has 26 heavy (non-hydrogen) atoms. The van der Waals surface area contributed by atoms with Crippen LogP contribution in [0.4, 0.5) is 4.39 Å². The third-order valence-electron chi connectivity index (χ3n) is 5.39. The second-order valence-electron chi connectivity index (χ2n) is 7.38. The first-order valence-electron chi connectivity index (χ1n) is 9.12. The van der Waals surface area contributed by atoms with Gasteiger partial charge in [-0.2, -0.15) is 0 Å². The molecule has 1 saturated carbocycles. The van der Waals surface area contributed by atoms with Gasteiger partial charge in [0.2, 0.25) is 17.7 Å². The van der Waals surface area contributed by atoms with E-state index in [1.807, 2.05) is 4.90 Å². The number of rotatable bonds is 4. The molecule has 0 aromatic heterocycles. The van der Waals surface area contributed by atoms with Crippen LogP contribution in [0.2, 0.25) is 0 Å². The summed E-state index contributed by atoms with van der Waals surface area (Å²) in [7, 11) is 0. The molecule has 2 saturated heterocycles. The summed E-state index contributed by atoms with van der Waals surface area (Å²) < 4.78 is 13.3. The Morgan fingerprint density at radius 1 is 1.15 bits per heavy atom. The molecular weight excluding hydrogens is 337 g/mol. The Hall–Kier alpha value is -2.44. The number of carbonyl (C=O) groups excluding carboxylic acids is 3. The van der Waals surface area contributed by atoms with Gasteiger partial charge >= 0.3 is 0 Å². The first kappa shape index (κ1) is 17.0. The van der Waals surface area contributed by atoms with E-state index in [4.69, 9.17) is 0 Å². The van der Waals surface area contributed by atoms with E-state index in [9.17, 15) is 18.8 Å². The molecule has 1 atom stereocenters. The van der Waals surface area contributed by atoms with Crippen LogP contribution in [0.25, 0.3) is 0 Å². The van der Waals surface area contributed by atoms with Gasteiger partial charge in [0.05, 0.1) is 12.5 Å². The van der Waals surface area contributed by atoms with Crippen molar-refractivity contribution in [1.82, 2.24) is 14.7 Å². The van der Waals surface area contributed by atoms with Crippen LogP contribution in [0.1, 0.15) is 24.8 Å². The highest BCUT2D eigenvalue weighted by molar-refractivity contribution is 5.92. The molecule has 4 rings (SSSR count). The maximum absolute atomic E-state index is 13.3. The zero-order valence-electron chi connectivity index (χ0n) is 14.6. The Balaban J connectivity index is 1.34. The normalized spacial score (nSPS) is 23.7. The summed E-state index contributed by atoms with van der Waals surface area (Å²) in [6, 6.07) is 6.52. The number of benzene rings is 1. The number of nitrogens with zero attached hydrogens (tertiary/aromatic N) is 3. The van der Waals surface area contributed by atoms with Gasteiger partial charge in [0, 0.05) is 38.6 Å². The van der Waals surface area contributed by atoms with Gasteiger partial charge in [-0.05, 0) is 30.5 Å². The van der Waals surface area contributed by atoms with Gasteiger partial charge in [0.25, 0.3) is 0 Å². The van der Waals surface area contributed by atoms with Crippen LogP contribution >= 0.6 is 0 Å². The topological polar surface area (TPSA) is 60.9 Å². The molecule has 0 unspecified atom stereocenters. The van der Waals surface area contributed by atoms with E-state index in [0.29, 0.717) is 32.2 Å². The summed E-state index contributed by atoms with van der Waals surface area (Å²) in [5.41, 5.74) is 0.736. The Bertz CT molecular complexity index is 749. The van der Waals surface area contributed by atoms with Crippen LogP contribution in [0.15, 0.2) is 24.3 Å². The average Bonchev–Trinajstić information content (AvgIpc) is 3.38.